The van der Waals surface area contributed by atoms with E-state index in [9.17, 15) is 40.2 Å². The van der Waals surface area contributed by atoms with Gasteiger partial charge in [-0.1, -0.05) is 153 Å². The molecule has 98 heavy (non-hydrogen) atoms. The number of rotatable bonds is 2. The van der Waals surface area contributed by atoms with E-state index in [1.807, 2.05) is 35.1 Å². The molecule has 16 heteroatoms. The minimum atomic E-state index is -1.35. The van der Waals surface area contributed by atoms with Crippen LogP contribution in [-0.2, 0) is 55.5 Å². The number of hydrogen-bond acceptors (Lipinski definition) is 15. The molecule has 0 radical (unpaired) electrons. The van der Waals surface area contributed by atoms with E-state index in [1.165, 1.54) is 27.8 Å². The number of aryl methyl sites for hydroxylation is 4. The molecule has 22 bridgehead atoms. The fraction of sp³-hybridized carbons (Fsp3) is 0.488. The molecule has 3 saturated carbocycles. The predicted octanol–water partition coefficient (Wildman–Crippen LogP) is 13.9. The first-order valence-corrected chi connectivity index (χ1v) is 40.9. The summed E-state index contributed by atoms with van der Waals surface area (Å²) in [5, 5.41) is 75.9. The Labute approximate surface area is 592 Å². The molecule has 2 aliphatic heterocycles. The third-order valence-electron chi connectivity index (χ3n) is 24.8. The van der Waals surface area contributed by atoms with Crippen LogP contribution < -0.4 is 16.2 Å². The van der Waals surface area contributed by atoms with E-state index in [1.54, 1.807) is 68.9 Å². The van der Waals surface area contributed by atoms with Crippen LogP contribution in [0.3, 0.4) is 0 Å². The molecule has 1 spiro atoms. The Balaban J connectivity index is 0.830. The second-order valence-electron chi connectivity index (χ2n) is 30.5. The molecule has 3 heterocycles. The number of ether oxygens (including phenoxy) is 1. The van der Waals surface area contributed by atoms with Gasteiger partial charge in [0.15, 0.2) is 23.1 Å². The average Bonchev–Trinajstić information content (AvgIpc) is 1.56. The standard InChI is InChI=1S/C82H93N3O9S4/c83-79(84)66-36-55-5-2-6-72-63(26-29-85-72)75(90)39-68-64(55)38-58(66)44-95-96-45-60-42-80(28-25-61(87)20-14-51-17-23-74(89)76(34-51)94-30-27-52-16-22-73(88)69(68)32-52)47-82(60,93)77-24-19-59(80)35-57-41-81(92)40-53-3-1-4-54(78(81)91)18-13-49-9-7-48(8-10-49)11-12-50-15-21-62-56(31-50)37-65(57)67(33-53)71(46-97-98-77)70(62)43-86/h7-10,15-17,19,21-26,28-29,31-32,34,36,38,53-54,57,59-60,65,67-68,70-71,77-79,85-86,88-89,91-93H,1,3-4,6,11-14,18,20,27,30,33,35,37,39-47,83-84H2/b28-25+/t53-,54-,57-,59+,60-,65+,67+,68+,70+,71-,77-,78-,80+,81-,82-/m1/s1. The van der Waals surface area contributed by atoms with E-state index in [0.29, 0.717) is 85.3 Å². The van der Waals surface area contributed by atoms with Crippen LogP contribution in [0.5, 0.6) is 17.2 Å². The van der Waals surface area contributed by atoms with Crippen molar-refractivity contribution in [2.75, 3.05) is 24.7 Å². The number of carbonyl (C=O) groups excluding carboxylic acids is 2. The van der Waals surface area contributed by atoms with Crippen LogP contribution in [0.4, 0.5) is 0 Å². The molecule has 0 unspecified atom stereocenters. The van der Waals surface area contributed by atoms with Gasteiger partial charge in [-0.3, -0.25) is 9.59 Å². The molecule has 11 N–H and O–H groups in total. The first kappa shape index (κ1) is 68.1. The lowest BCUT2D eigenvalue weighted by molar-refractivity contribution is -0.149. The van der Waals surface area contributed by atoms with Gasteiger partial charge in [0.1, 0.15) is 5.75 Å². The van der Waals surface area contributed by atoms with E-state index in [-0.39, 0.29) is 108 Å². The molecule has 16 rings (SSSR count). The maximum atomic E-state index is 14.8. The van der Waals surface area contributed by atoms with Crippen LogP contribution in [0, 0.1) is 64.6 Å². The Kier molecular flexibility index (Phi) is 19.9. The van der Waals surface area contributed by atoms with Crippen molar-refractivity contribution in [3.05, 3.63) is 206 Å². The summed E-state index contributed by atoms with van der Waals surface area (Å²) in [4.78, 5) is 32.6. The molecule has 12 nitrogen and oxygen atoms in total. The number of aromatic nitrogens is 1. The molecule has 8 aliphatic carbocycles. The van der Waals surface area contributed by atoms with Gasteiger partial charge >= 0.3 is 0 Å². The molecule has 5 aromatic carbocycles. The second-order valence-corrected chi connectivity index (χ2v) is 35.6. The third kappa shape index (κ3) is 13.7. The number of aromatic amines is 1. The van der Waals surface area contributed by atoms with Crippen molar-refractivity contribution in [3.63, 3.8) is 0 Å². The SMILES string of the molecule is NC(N)c1cc2c3cc1CSSC[C@H]1C[C@@]4(/C=C/C(=O)CCc5ccc(O)c(c5)OCCc5ccc(O)c(c5)[C@H]3CC(=O)c3cc[nH]c3CC#C2)C[C@]1(O)[C@H]1C=C[C@H]4C[C@@H]2C[C@]3(O)C[C@@H]4CCC[C@H](CCc5ccc(cc5)CCc5ccc6c(c5)C[C@@H]2[C@H](C4)[C@@H](CSS1)[C@H]6CO)[C@H]3O. The van der Waals surface area contributed by atoms with Gasteiger partial charge in [-0.25, -0.2) is 0 Å². The third-order valence-corrected chi connectivity index (χ3v) is 30.0. The minimum Gasteiger partial charge on any atom is -0.508 e. The molecule has 0 saturated heterocycles. The smallest absolute Gasteiger partial charge is 0.165 e. The van der Waals surface area contributed by atoms with Gasteiger partial charge in [0.25, 0.3) is 0 Å². The number of phenolic OH excluding ortho intramolecular Hbond substituents is 2. The Morgan fingerprint density at radius 1 is 0.694 bits per heavy atom. The van der Waals surface area contributed by atoms with Crippen molar-refractivity contribution in [2.45, 2.75) is 168 Å². The molecule has 6 aromatic rings. The summed E-state index contributed by atoms with van der Waals surface area (Å²) in [6.07, 6.45) is 20.8. The predicted molar refractivity (Wildman–Crippen MR) is 394 cm³/mol. The van der Waals surface area contributed by atoms with Gasteiger partial charge < -0.3 is 51.8 Å². The number of allylic oxidation sites excluding steroid dienone is 3. The van der Waals surface area contributed by atoms with E-state index in [2.05, 4.69) is 83.6 Å². The van der Waals surface area contributed by atoms with Crippen LogP contribution in [-0.4, -0.2) is 94.5 Å². The fourth-order valence-electron chi connectivity index (χ4n) is 19.6. The lowest BCUT2D eigenvalue weighted by Crippen LogP contribution is -2.53. The molecule has 3 fully saturated rings. The van der Waals surface area contributed by atoms with Crippen LogP contribution in [0.1, 0.15) is 178 Å². The number of aliphatic hydroxyl groups excluding tert-OH is 2. The maximum Gasteiger partial charge on any atom is 0.165 e. The van der Waals surface area contributed by atoms with Gasteiger partial charge in [0.2, 0.25) is 0 Å². The summed E-state index contributed by atoms with van der Waals surface area (Å²) in [6.45, 7) is 0.219. The Morgan fingerprint density at radius 2 is 1.47 bits per heavy atom. The zero-order chi connectivity index (χ0) is 67.5. The van der Waals surface area contributed by atoms with E-state index in [4.69, 9.17) is 16.2 Å². The number of aromatic hydroxyl groups is 2. The van der Waals surface area contributed by atoms with E-state index < -0.39 is 34.8 Å². The lowest BCUT2D eigenvalue weighted by atomic mass is 9.57. The quantitative estimate of drug-likeness (QED) is 0.0340. The molecule has 514 valence electrons. The van der Waals surface area contributed by atoms with Crippen molar-refractivity contribution < 1.29 is 45.0 Å². The highest BCUT2D eigenvalue weighted by Crippen LogP contribution is 2.64. The van der Waals surface area contributed by atoms with Crippen LogP contribution in [0.2, 0.25) is 0 Å². The van der Waals surface area contributed by atoms with Gasteiger partial charge in [-0.15, -0.1) is 0 Å². The summed E-state index contributed by atoms with van der Waals surface area (Å²) in [6, 6.07) is 32.7. The topological polar surface area (TPSA) is 233 Å². The molecular formula is C82H93N3O9S4. The Hall–Kier alpha value is -5.68. The van der Waals surface area contributed by atoms with E-state index >= 15 is 0 Å². The molecule has 15 atom stereocenters. The zero-order valence-corrected chi connectivity index (χ0v) is 59.1. The van der Waals surface area contributed by atoms with Gasteiger partial charge in [0, 0.05) is 76.9 Å². The summed E-state index contributed by atoms with van der Waals surface area (Å²) in [5.41, 5.74) is 23.2. The number of nitrogens with one attached hydrogen (secondary N) is 1. The highest BCUT2D eigenvalue weighted by atomic mass is 33.1. The van der Waals surface area contributed by atoms with Crippen LogP contribution in [0.25, 0.3) is 0 Å². The number of ketones is 2. The number of carbonyl (C=O) groups is 2. The number of nitrogens with two attached hydrogens (primary N) is 2. The van der Waals surface area contributed by atoms with Crippen molar-refractivity contribution in [1.82, 2.24) is 4.98 Å². The highest BCUT2D eigenvalue weighted by Gasteiger charge is 2.61. The van der Waals surface area contributed by atoms with Gasteiger partial charge in [-0.05, 0) is 228 Å². The number of fused-ring (bicyclic) bond motifs is 18. The van der Waals surface area contributed by atoms with Crippen molar-refractivity contribution >= 4 is 54.7 Å². The molecule has 0 amide bonds. The summed E-state index contributed by atoms with van der Waals surface area (Å²) >= 11 is 0. The number of H-pyrrole nitrogens is 1. The number of aliphatic hydroxyl groups is 4. The monoisotopic (exact) mass is 1390 g/mol. The first-order chi connectivity index (χ1) is 47.5. The van der Waals surface area contributed by atoms with Crippen molar-refractivity contribution in [1.29, 1.82) is 0 Å². The largest absolute Gasteiger partial charge is 0.508 e. The number of Topliss-reactive ketones (excluding diaryl/α,β-unsaturated/α-hetero) is 1. The minimum absolute atomic E-state index is 0.0200. The number of benzene rings is 5. The molecule has 1 aromatic heterocycles. The van der Waals surface area contributed by atoms with Gasteiger partial charge in [0.05, 0.1) is 48.4 Å². The number of hydrogen-bond donors (Lipinski definition) is 9. The summed E-state index contributed by atoms with van der Waals surface area (Å²) in [5.74, 6) is 8.24. The lowest BCUT2D eigenvalue weighted by Gasteiger charge is -2.51. The van der Waals surface area contributed by atoms with Gasteiger partial charge in [-0.2, -0.15) is 0 Å². The van der Waals surface area contributed by atoms with Crippen LogP contribution in [0.15, 0.2) is 128 Å². The van der Waals surface area contributed by atoms with E-state index in [0.717, 1.165) is 97.1 Å². The normalized spacial score (nSPS) is 33.0. The number of phenols is 2. The van der Waals surface area contributed by atoms with Crippen LogP contribution >= 0.6 is 43.2 Å². The zero-order valence-electron chi connectivity index (χ0n) is 55.8. The molecule has 10 aliphatic rings. The van der Waals surface area contributed by atoms with Crippen molar-refractivity contribution in [2.24, 2.45) is 64.2 Å². The maximum absolute atomic E-state index is 14.8. The summed E-state index contributed by atoms with van der Waals surface area (Å²) < 4.78 is 6.34. The van der Waals surface area contributed by atoms with Crippen molar-refractivity contribution in [3.8, 4) is 29.1 Å². The Bertz CT molecular complexity index is 4100. The Morgan fingerprint density at radius 3 is 2.31 bits per heavy atom. The summed E-state index contributed by atoms with van der Waals surface area (Å²) in [7, 11) is 7.01. The second kappa shape index (κ2) is 28.6. The first-order valence-electron chi connectivity index (χ1n) is 36.0. The highest BCUT2D eigenvalue weighted by molar-refractivity contribution is 8.77. The fourth-order valence-corrected chi connectivity index (χ4v) is 25.5. The molecular weight excluding hydrogens is 1300 g/mol. The average molecular weight is 1390 g/mol.